The van der Waals surface area contributed by atoms with Crippen molar-refractivity contribution in [1.82, 2.24) is 0 Å². The summed E-state index contributed by atoms with van der Waals surface area (Å²) < 4.78 is 11.2. The average molecular weight is 300 g/mol. The number of carbonyl (C=O) groups excluding carboxylic acids is 1. The standard InChI is InChI=1S/C17H16O3S/c1-21-16-6-3-2-5-13(16)17(18)12-7-8-14-15(11-12)20-10-4-9-19-14/h2-3,5-8,11H,4,9-10H2,1H3. The van der Waals surface area contributed by atoms with Crippen LogP contribution < -0.4 is 9.47 Å². The third-order valence-electron chi connectivity index (χ3n) is 3.36. The maximum absolute atomic E-state index is 12.7. The quantitative estimate of drug-likeness (QED) is 0.638. The van der Waals surface area contributed by atoms with Gasteiger partial charge in [0.1, 0.15) is 0 Å². The van der Waals surface area contributed by atoms with Crippen LogP contribution in [0.5, 0.6) is 11.5 Å². The molecule has 0 aromatic heterocycles. The van der Waals surface area contributed by atoms with Crippen molar-refractivity contribution in [2.75, 3.05) is 19.5 Å². The summed E-state index contributed by atoms with van der Waals surface area (Å²) in [4.78, 5) is 13.7. The molecule has 0 unspecified atom stereocenters. The van der Waals surface area contributed by atoms with E-state index in [1.54, 1.807) is 23.9 Å². The van der Waals surface area contributed by atoms with E-state index in [0.29, 0.717) is 30.3 Å². The fourth-order valence-electron chi connectivity index (χ4n) is 2.29. The molecule has 3 nitrogen and oxygen atoms in total. The third kappa shape index (κ3) is 2.90. The summed E-state index contributed by atoms with van der Waals surface area (Å²) in [6, 6.07) is 13.0. The van der Waals surface area contributed by atoms with E-state index in [1.807, 2.05) is 36.6 Å². The van der Waals surface area contributed by atoms with Gasteiger partial charge in [-0.15, -0.1) is 11.8 Å². The Morgan fingerprint density at radius 2 is 1.81 bits per heavy atom. The first-order valence-corrected chi connectivity index (χ1v) is 8.09. The largest absolute Gasteiger partial charge is 0.490 e. The molecule has 0 amide bonds. The molecule has 0 saturated heterocycles. The number of fused-ring (bicyclic) bond motifs is 1. The number of ether oxygens (including phenoxy) is 2. The summed E-state index contributed by atoms with van der Waals surface area (Å²) in [7, 11) is 0. The molecular formula is C17H16O3S. The first kappa shape index (κ1) is 14.0. The minimum absolute atomic E-state index is 0.00981. The van der Waals surface area contributed by atoms with E-state index in [1.165, 1.54) is 0 Å². The first-order valence-electron chi connectivity index (χ1n) is 6.87. The van der Waals surface area contributed by atoms with E-state index in [-0.39, 0.29) is 5.78 Å². The maximum atomic E-state index is 12.7. The highest BCUT2D eigenvalue weighted by Gasteiger charge is 2.17. The molecule has 0 radical (unpaired) electrons. The van der Waals surface area contributed by atoms with Gasteiger partial charge in [0, 0.05) is 22.4 Å². The highest BCUT2D eigenvalue weighted by Crippen LogP contribution is 2.32. The molecule has 108 valence electrons. The topological polar surface area (TPSA) is 35.5 Å². The number of carbonyl (C=O) groups is 1. The van der Waals surface area contributed by atoms with Crippen molar-refractivity contribution in [2.45, 2.75) is 11.3 Å². The second-order valence-corrected chi connectivity index (χ2v) is 5.59. The van der Waals surface area contributed by atoms with Gasteiger partial charge in [-0.1, -0.05) is 12.1 Å². The van der Waals surface area contributed by atoms with E-state index in [2.05, 4.69) is 0 Å². The van der Waals surface area contributed by atoms with E-state index in [9.17, 15) is 4.79 Å². The molecule has 2 aromatic rings. The number of rotatable bonds is 3. The van der Waals surface area contributed by atoms with E-state index < -0.39 is 0 Å². The van der Waals surface area contributed by atoms with Crippen LogP contribution in [-0.2, 0) is 0 Å². The number of thioether (sulfide) groups is 1. The molecule has 0 atom stereocenters. The molecule has 1 heterocycles. The first-order chi connectivity index (χ1) is 10.3. The molecule has 21 heavy (non-hydrogen) atoms. The minimum Gasteiger partial charge on any atom is -0.490 e. The van der Waals surface area contributed by atoms with Crippen LogP contribution in [0.2, 0.25) is 0 Å². The summed E-state index contributed by atoms with van der Waals surface area (Å²) in [6.45, 7) is 1.27. The van der Waals surface area contributed by atoms with Crippen LogP contribution in [-0.4, -0.2) is 25.3 Å². The normalized spacial score (nSPS) is 13.6. The van der Waals surface area contributed by atoms with Gasteiger partial charge in [0.2, 0.25) is 0 Å². The third-order valence-corrected chi connectivity index (χ3v) is 4.16. The Balaban J connectivity index is 1.97. The van der Waals surface area contributed by atoms with E-state index in [0.717, 1.165) is 16.9 Å². The van der Waals surface area contributed by atoms with E-state index in [4.69, 9.17) is 9.47 Å². The molecular weight excluding hydrogens is 284 g/mol. The van der Waals surface area contributed by atoms with Gasteiger partial charge in [0.05, 0.1) is 13.2 Å². The van der Waals surface area contributed by atoms with Gasteiger partial charge in [-0.05, 0) is 36.6 Å². The smallest absolute Gasteiger partial charge is 0.194 e. The van der Waals surface area contributed by atoms with Crippen LogP contribution in [0, 0.1) is 0 Å². The Bertz CT molecular complexity index is 667. The molecule has 0 fully saturated rings. The van der Waals surface area contributed by atoms with Gasteiger partial charge < -0.3 is 9.47 Å². The summed E-state index contributed by atoms with van der Waals surface area (Å²) in [5.41, 5.74) is 1.35. The molecule has 1 aliphatic heterocycles. The summed E-state index contributed by atoms with van der Waals surface area (Å²) in [5, 5.41) is 0. The fourth-order valence-corrected chi connectivity index (χ4v) is 2.89. The van der Waals surface area contributed by atoms with Gasteiger partial charge in [0.15, 0.2) is 17.3 Å². The lowest BCUT2D eigenvalue weighted by atomic mass is 10.0. The predicted molar refractivity (Wildman–Crippen MR) is 83.7 cm³/mol. The highest BCUT2D eigenvalue weighted by molar-refractivity contribution is 7.98. The molecule has 0 saturated carbocycles. The number of hydrogen-bond donors (Lipinski definition) is 0. The molecule has 0 bridgehead atoms. The van der Waals surface area contributed by atoms with Crippen LogP contribution in [0.25, 0.3) is 0 Å². The molecule has 0 N–H and O–H groups in total. The Morgan fingerprint density at radius 3 is 2.62 bits per heavy atom. The van der Waals surface area contributed by atoms with E-state index >= 15 is 0 Å². The van der Waals surface area contributed by atoms with Crippen molar-refractivity contribution in [3.63, 3.8) is 0 Å². The second kappa shape index (κ2) is 6.22. The van der Waals surface area contributed by atoms with Crippen molar-refractivity contribution >= 4 is 17.5 Å². The van der Waals surface area contributed by atoms with Crippen LogP contribution in [0.4, 0.5) is 0 Å². The van der Waals surface area contributed by atoms with Gasteiger partial charge in [-0.2, -0.15) is 0 Å². The van der Waals surface area contributed by atoms with Crippen molar-refractivity contribution < 1.29 is 14.3 Å². The zero-order valence-electron chi connectivity index (χ0n) is 11.8. The van der Waals surface area contributed by atoms with Crippen LogP contribution in [0.3, 0.4) is 0 Å². The Morgan fingerprint density at radius 1 is 1.05 bits per heavy atom. The molecule has 2 aromatic carbocycles. The van der Waals surface area contributed by atoms with Crippen LogP contribution >= 0.6 is 11.8 Å². The van der Waals surface area contributed by atoms with Crippen LogP contribution in [0.15, 0.2) is 47.4 Å². The molecule has 0 spiro atoms. The lowest BCUT2D eigenvalue weighted by Gasteiger charge is -2.10. The van der Waals surface area contributed by atoms with Crippen LogP contribution in [0.1, 0.15) is 22.3 Å². The van der Waals surface area contributed by atoms with Gasteiger partial charge in [-0.3, -0.25) is 4.79 Å². The van der Waals surface area contributed by atoms with Gasteiger partial charge >= 0.3 is 0 Å². The van der Waals surface area contributed by atoms with Gasteiger partial charge in [0.25, 0.3) is 0 Å². The van der Waals surface area contributed by atoms with Crippen molar-refractivity contribution in [1.29, 1.82) is 0 Å². The Hall–Kier alpha value is -1.94. The summed E-state index contributed by atoms with van der Waals surface area (Å²) in [6.07, 6.45) is 2.83. The fraction of sp³-hybridized carbons (Fsp3) is 0.235. The van der Waals surface area contributed by atoms with Crippen molar-refractivity contribution in [3.05, 3.63) is 53.6 Å². The zero-order valence-corrected chi connectivity index (χ0v) is 12.6. The molecule has 4 heteroatoms. The maximum Gasteiger partial charge on any atom is 0.194 e. The molecule has 3 rings (SSSR count). The molecule has 0 aliphatic carbocycles. The molecule has 1 aliphatic rings. The average Bonchev–Trinajstić information content (AvgIpc) is 2.78. The SMILES string of the molecule is CSc1ccccc1C(=O)c1ccc2c(c1)OCCCO2. The summed E-state index contributed by atoms with van der Waals surface area (Å²) >= 11 is 1.57. The lowest BCUT2D eigenvalue weighted by molar-refractivity contribution is 0.103. The minimum atomic E-state index is 0.00981. The number of benzene rings is 2. The van der Waals surface area contributed by atoms with Crippen molar-refractivity contribution in [2.24, 2.45) is 0 Å². The number of hydrogen-bond acceptors (Lipinski definition) is 4. The highest BCUT2D eigenvalue weighted by atomic mass is 32.2. The zero-order chi connectivity index (χ0) is 14.7. The van der Waals surface area contributed by atoms with Gasteiger partial charge in [-0.25, -0.2) is 0 Å². The Labute approximate surface area is 128 Å². The van der Waals surface area contributed by atoms with Crippen molar-refractivity contribution in [3.8, 4) is 11.5 Å². The lowest BCUT2D eigenvalue weighted by Crippen LogP contribution is -2.04. The number of ketones is 1. The second-order valence-electron chi connectivity index (χ2n) is 4.74. The summed E-state index contributed by atoms with van der Waals surface area (Å²) in [5.74, 6) is 1.37. The Kier molecular flexibility index (Phi) is 4.15. The monoisotopic (exact) mass is 300 g/mol. The predicted octanol–water partition coefficient (Wildman–Crippen LogP) is 3.80.